The maximum absolute atomic E-state index is 12.9. The van der Waals surface area contributed by atoms with Crippen molar-refractivity contribution in [2.24, 2.45) is 0 Å². The molecule has 15 heteroatoms. The summed E-state index contributed by atoms with van der Waals surface area (Å²) < 4.78 is 33.5. The molecule has 2 aliphatic heterocycles. The van der Waals surface area contributed by atoms with Gasteiger partial charge in [-0.05, 0) is 57.8 Å². The minimum Gasteiger partial charge on any atom is -0.462 e. The quantitative estimate of drug-likeness (QED) is 0.0230. The first-order chi connectivity index (χ1) is 31.0. The smallest absolute Gasteiger partial charge is 0.306 e. The molecule has 2 rings (SSSR count). The van der Waals surface area contributed by atoms with Gasteiger partial charge in [-0.2, -0.15) is 0 Å². The first kappa shape index (κ1) is 57.3. The normalized spacial score (nSPS) is 27.1. The summed E-state index contributed by atoms with van der Waals surface area (Å²) in [5.74, 6) is -0.969. The molecule has 0 radical (unpaired) electrons. The van der Waals surface area contributed by atoms with Gasteiger partial charge in [0.15, 0.2) is 18.7 Å². The molecule has 7 N–H and O–H groups in total. The first-order valence-corrected chi connectivity index (χ1v) is 23.9. The number of hydrogen-bond acceptors (Lipinski definition) is 15. The van der Waals surface area contributed by atoms with Crippen LogP contribution in [-0.4, -0.2) is 142 Å². The molecule has 15 nitrogen and oxygen atoms in total. The number of carbonyl (C=O) groups is 2. The molecule has 5 unspecified atom stereocenters. The molecule has 2 saturated heterocycles. The number of allylic oxidation sites excluding steroid dienone is 10. The number of unbranched alkanes of at least 4 members (excludes halogenated alkanes) is 14. The summed E-state index contributed by atoms with van der Waals surface area (Å²) in [5.41, 5.74) is 0. The molecule has 64 heavy (non-hydrogen) atoms. The summed E-state index contributed by atoms with van der Waals surface area (Å²) in [4.78, 5) is 25.7. The Kier molecular flexibility index (Phi) is 32.5. The fourth-order valence-corrected chi connectivity index (χ4v) is 7.09. The number of hydrogen-bond donors (Lipinski definition) is 7. The van der Waals surface area contributed by atoms with Crippen LogP contribution < -0.4 is 0 Å². The van der Waals surface area contributed by atoms with Crippen LogP contribution in [0.2, 0.25) is 0 Å². The van der Waals surface area contributed by atoms with E-state index in [2.05, 4.69) is 50.3 Å². The predicted octanol–water partition coefficient (Wildman–Crippen LogP) is 5.70. The number of aliphatic hydroxyl groups is 7. The van der Waals surface area contributed by atoms with E-state index in [1.165, 1.54) is 19.3 Å². The number of ether oxygens (including phenoxy) is 6. The summed E-state index contributed by atoms with van der Waals surface area (Å²) in [6.45, 7) is 2.36. The van der Waals surface area contributed by atoms with Gasteiger partial charge in [0.2, 0.25) is 0 Å². The Morgan fingerprint density at radius 3 is 1.55 bits per heavy atom. The lowest BCUT2D eigenvalue weighted by atomic mass is 9.98. The summed E-state index contributed by atoms with van der Waals surface area (Å²) in [7, 11) is 0. The van der Waals surface area contributed by atoms with Crippen molar-refractivity contribution in [3.63, 3.8) is 0 Å². The third kappa shape index (κ3) is 24.6. The Hall–Kier alpha value is -2.80. The maximum atomic E-state index is 12.9. The zero-order valence-corrected chi connectivity index (χ0v) is 38.5. The molecule has 0 aliphatic carbocycles. The van der Waals surface area contributed by atoms with E-state index in [4.69, 9.17) is 28.4 Å². The van der Waals surface area contributed by atoms with E-state index >= 15 is 0 Å². The van der Waals surface area contributed by atoms with Crippen LogP contribution in [0.1, 0.15) is 142 Å². The van der Waals surface area contributed by atoms with Crippen LogP contribution >= 0.6 is 0 Å². The van der Waals surface area contributed by atoms with Gasteiger partial charge in [-0.25, -0.2) is 0 Å². The van der Waals surface area contributed by atoms with Crippen molar-refractivity contribution >= 4 is 11.9 Å². The van der Waals surface area contributed by atoms with Gasteiger partial charge >= 0.3 is 11.9 Å². The van der Waals surface area contributed by atoms with Gasteiger partial charge in [0.25, 0.3) is 0 Å². The third-order valence-corrected chi connectivity index (χ3v) is 11.1. The predicted molar refractivity (Wildman–Crippen MR) is 243 cm³/mol. The fraction of sp³-hybridized carbons (Fsp3) is 0.755. The Morgan fingerprint density at radius 1 is 0.516 bits per heavy atom. The molecule has 2 heterocycles. The molecular formula is C49H82O15. The SMILES string of the molecule is CC/C=C/C=C/C=C/CCCCCCCC(=O)OC(COC(=O)CCCCCCCC/C=C/C=C/CCCCC)CO[C@@H]1O[C@H](CO[C@@H]2O[C@H](CO)[C@H](O)C(O)C2O)[C@H](O)C(O)C1O. The second-order valence-electron chi connectivity index (χ2n) is 16.6. The van der Waals surface area contributed by atoms with Crippen molar-refractivity contribution in [3.8, 4) is 0 Å². The fourth-order valence-electron chi connectivity index (χ4n) is 7.09. The van der Waals surface area contributed by atoms with Gasteiger partial charge in [0, 0.05) is 12.8 Å². The number of esters is 2. The van der Waals surface area contributed by atoms with Crippen LogP contribution in [-0.2, 0) is 38.0 Å². The second-order valence-corrected chi connectivity index (χ2v) is 16.6. The van der Waals surface area contributed by atoms with Gasteiger partial charge in [0.05, 0.1) is 19.8 Å². The van der Waals surface area contributed by atoms with Crippen LogP contribution in [0.5, 0.6) is 0 Å². The van der Waals surface area contributed by atoms with Gasteiger partial charge in [0.1, 0.15) is 55.4 Å². The lowest BCUT2D eigenvalue weighted by Gasteiger charge is -2.42. The third-order valence-electron chi connectivity index (χ3n) is 11.1. The summed E-state index contributed by atoms with van der Waals surface area (Å²) >= 11 is 0. The molecule has 2 aliphatic rings. The van der Waals surface area contributed by atoms with Crippen molar-refractivity contribution in [2.75, 3.05) is 26.4 Å². The van der Waals surface area contributed by atoms with E-state index in [1.54, 1.807) is 0 Å². The van der Waals surface area contributed by atoms with E-state index in [0.717, 1.165) is 83.5 Å². The molecule has 0 aromatic carbocycles. The van der Waals surface area contributed by atoms with Crippen LogP contribution in [0.25, 0.3) is 0 Å². The number of carbonyl (C=O) groups excluding carboxylic acids is 2. The molecule has 11 atom stereocenters. The van der Waals surface area contributed by atoms with Crippen molar-refractivity contribution in [1.82, 2.24) is 0 Å². The van der Waals surface area contributed by atoms with E-state index in [1.807, 2.05) is 24.3 Å². The molecular weight excluding hydrogens is 829 g/mol. The van der Waals surface area contributed by atoms with Gasteiger partial charge in [-0.15, -0.1) is 0 Å². The molecule has 0 bridgehead atoms. The molecule has 0 saturated carbocycles. The van der Waals surface area contributed by atoms with Crippen LogP contribution in [0.3, 0.4) is 0 Å². The van der Waals surface area contributed by atoms with Crippen LogP contribution in [0.4, 0.5) is 0 Å². The lowest BCUT2D eigenvalue weighted by Crippen LogP contribution is -2.61. The topological polar surface area (TPSA) is 231 Å². The van der Waals surface area contributed by atoms with Crippen molar-refractivity contribution in [2.45, 2.75) is 210 Å². The molecule has 368 valence electrons. The monoisotopic (exact) mass is 911 g/mol. The summed E-state index contributed by atoms with van der Waals surface area (Å²) in [5, 5.41) is 71.9. The second kappa shape index (κ2) is 36.3. The largest absolute Gasteiger partial charge is 0.462 e. The molecule has 0 amide bonds. The minimum absolute atomic E-state index is 0.137. The summed E-state index contributed by atoms with van der Waals surface area (Å²) in [6, 6.07) is 0. The highest BCUT2D eigenvalue weighted by Crippen LogP contribution is 2.26. The van der Waals surface area contributed by atoms with Gasteiger partial charge in [-0.1, -0.05) is 132 Å². The Bertz CT molecular complexity index is 1350. The zero-order chi connectivity index (χ0) is 46.8. The average Bonchev–Trinajstić information content (AvgIpc) is 3.29. The Balaban J connectivity index is 1.85. The average molecular weight is 911 g/mol. The van der Waals surface area contributed by atoms with E-state index in [0.29, 0.717) is 12.8 Å². The van der Waals surface area contributed by atoms with Gasteiger partial charge in [-0.3, -0.25) is 9.59 Å². The molecule has 0 spiro atoms. The summed E-state index contributed by atoms with van der Waals surface area (Å²) in [6.07, 6.45) is 22.6. The van der Waals surface area contributed by atoms with Crippen molar-refractivity contribution in [1.29, 1.82) is 0 Å². The zero-order valence-electron chi connectivity index (χ0n) is 38.5. The molecule has 2 fully saturated rings. The standard InChI is InChI=1S/C49H82O15/c1-3-5-7-9-11-13-15-17-18-20-21-23-25-27-29-31-40(51)59-34-37(62-41(52)32-30-28-26-24-22-19-16-14-12-10-8-6-4-2)35-60-48-47(58)45(56)43(54)39(64-48)36-61-49-46(57)44(55)42(53)38(33-50)63-49/h6,8,10-17,37-39,42-50,53-58H,3-5,7,9,18-36H2,1-2H3/b8-6+,12-10+,13-11+,16-14+,17-15+/t37?,38-,39-,42+,43+,44?,45?,46?,47?,48-,49-/m1/s1. The van der Waals surface area contributed by atoms with Crippen molar-refractivity contribution < 1.29 is 73.8 Å². The highest BCUT2D eigenvalue weighted by atomic mass is 16.7. The number of aliphatic hydroxyl groups excluding tert-OH is 7. The van der Waals surface area contributed by atoms with E-state index in [9.17, 15) is 45.3 Å². The Morgan fingerprint density at radius 2 is 0.984 bits per heavy atom. The lowest BCUT2D eigenvalue weighted by molar-refractivity contribution is -0.332. The highest BCUT2D eigenvalue weighted by Gasteiger charge is 2.47. The van der Waals surface area contributed by atoms with E-state index in [-0.39, 0.29) is 19.4 Å². The van der Waals surface area contributed by atoms with Gasteiger partial charge < -0.3 is 64.2 Å². The Labute approximate surface area is 381 Å². The van der Waals surface area contributed by atoms with E-state index < -0.39 is 99.3 Å². The first-order valence-electron chi connectivity index (χ1n) is 23.9. The maximum Gasteiger partial charge on any atom is 0.306 e. The number of rotatable bonds is 35. The molecule has 0 aromatic heterocycles. The minimum atomic E-state index is -1.77. The highest BCUT2D eigenvalue weighted by molar-refractivity contribution is 5.70. The van der Waals surface area contributed by atoms with Crippen LogP contribution in [0.15, 0.2) is 60.8 Å². The molecule has 0 aromatic rings. The van der Waals surface area contributed by atoms with Crippen molar-refractivity contribution in [3.05, 3.63) is 60.8 Å². The van der Waals surface area contributed by atoms with Crippen LogP contribution in [0, 0.1) is 0 Å².